The molecule has 0 N–H and O–H groups in total. The van der Waals surface area contributed by atoms with Crippen molar-refractivity contribution in [3.05, 3.63) is 61.4 Å². The summed E-state index contributed by atoms with van der Waals surface area (Å²) in [6, 6.07) is 4.33. The second-order valence-corrected chi connectivity index (χ2v) is 6.96. The maximum atomic E-state index is 13.0. The minimum absolute atomic E-state index is 0.0000661. The average Bonchev–Trinajstić information content (AvgIpc) is 3.12. The molecule has 1 aromatic heterocycles. The van der Waals surface area contributed by atoms with E-state index in [1.165, 1.54) is 18.2 Å². The summed E-state index contributed by atoms with van der Waals surface area (Å²) in [6.45, 7) is 0. The van der Waals surface area contributed by atoms with Crippen LogP contribution in [-0.2, 0) is 13.2 Å². The molecule has 5 nitrogen and oxygen atoms in total. The molecule has 0 aliphatic heterocycles. The summed E-state index contributed by atoms with van der Waals surface area (Å²) < 4.78 is 39.9. The van der Waals surface area contributed by atoms with Crippen LogP contribution in [0.3, 0.4) is 0 Å². The molecule has 1 fully saturated rings. The number of aromatic nitrogens is 2. The van der Waals surface area contributed by atoms with Gasteiger partial charge in [-0.2, -0.15) is 13.2 Å². The van der Waals surface area contributed by atoms with Crippen molar-refractivity contribution >= 4 is 17.4 Å². The molecule has 1 aromatic carbocycles. The molecule has 0 unspecified atom stereocenters. The summed E-state index contributed by atoms with van der Waals surface area (Å²) in [4.78, 5) is 37.3. The summed E-state index contributed by atoms with van der Waals surface area (Å²) in [6.07, 6.45) is -1.49. The first-order chi connectivity index (χ1) is 12.6. The highest BCUT2D eigenvalue weighted by atomic mass is 35.5. The quantitative estimate of drug-likeness (QED) is 0.740. The van der Waals surface area contributed by atoms with Crippen molar-refractivity contribution in [2.24, 2.45) is 13.0 Å². The predicted octanol–water partition coefficient (Wildman–Crippen LogP) is 3.58. The maximum absolute atomic E-state index is 13.0. The topological polar surface area (TPSA) is 61.1 Å². The van der Waals surface area contributed by atoms with Gasteiger partial charge in [-0.25, -0.2) is 9.36 Å². The number of benzene rings is 1. The van der Waals surface area contributed by atoms with Crippen molar-refractivity contribution in [3.8, 4) is 5.69 Å². The molecule has 0 bridgehead atoms. The van der Waals surface area contributed by atoms with Crippen LogP contribution in [0.2, 0.25) is 5.02 Å². The van der Waals surface area contributed by atoms with Crippen LogP contribution in [0.5, 0.6) is 0 Å². The van der Waals surface area contributed by atoms with E-state index in [-0.39, 0.29) is 28.0 Å². The molecule has 0 radical (unpaired) electrons. The molecule has 144 valence electrons. The largest absolute Gasteiger partial charge is 0.431 e. The maximum Gasteiger partial charge on any atom is 0.431 e. The van der Waals surface area contributed by atoms with Gasteiger partial charge in [0.25, 0.3) is 5.56 Å². The van der Waals surface area contributed by atoms with Crippen LogP contribution in [-0.4, -0.2) is 14.9 Å². The Morgan fingerprint density at radius 3 is 2.37 bits per heavy atom. The fourth-order valence-electron chi connectivity index (χ4n) is 3.38. The molecule has 3 rings (SSSR count). The van der Waals surface area contributed by atoms with Crippen molar-refractivity contribution in [1.29, 1.82) is 0 Å². The highest BCUT2D eigenvalue weighted by molar-refractivity contribution is 6.34. The van der Waals surface area contributed by atoms with Crippen molar-refractivity contribution in [3.63, 3.8) is 0 Å². The minimum Gasteiger partial charge on any atom is -0.294 e. The fraction of sp³-hybridized carbons (Fsp3) is 0.389. The number of halogens is 4. The smallest absolute Gasteiger partial charge is 0.294 e. The summed E-state index contributed by atoms with van der Waals surface area (Å²) in [5.74, 6) is -0.360. The van der Waals surface area contributed by atoms with Gasteiger partial charge in [-0.05, 0) is 31.0 Å². The number of nitrogens with zero attached hydrogens (tertiary/aromatic N) is 2. The Labute approximate surface area is 157 Å². The molecule has 1 heterocycles. The van der Waals surface area contributed by atoms with Gasteiger partial charge in [0.15, 0.2) is 5.78 Å². The Kier molecular flexibility index (Phi) is 5.03. The summed E-state index contributed by atoms with van der Waals surface area (Å²) >= 11 is 6.11. The molecule has 1 aliphatic carbocycles. The van der Waals surface area contributed by atoms with Crippen LogP contribution in [0.1, 0.15) is 41.7 Å². The van der Waals surface area contributed by atoms with E-state index >= 15 is 0 Å². The van der Waals surface area contributed by atoms with Gasteiger partial charge in [0, 0.05) is 24.6 Å². The highest BCUT2D eigenvalue weighted by Crippen LogP contribution is 2.31. The number of alkyl halides is 3. The second kappa shape index (κ2) is 6.99. The molecule has 2 aromatic rings. The van der Waals surface area contributed by atoms with Gasteiger partial charge in [-0.15, -0.1) is 0 Å². The molecule has 1 saturated carbocycles. The molecule has 9 heteroatoms. The molecule has 0 amide bonds. The monoisotopic (exact) mass is 400 g/mol. The van der Waals surface area contributed by atoms with Gasteiger partial charge in [-0.1, -0.05) is 24.4 Å². The Hall–Kier alpha value is -2.35. The first-order valence-electron chi connectivity index (χ1n) is 8.35. The lowest BCUT2D eigenvalue weighted by Gasteiger charge is -2.15. The zero-order valence-corrected chi connectivity index (χ0v) is 15.1. The number of rotatable bonds is 3. The van der Waals surface area contributed by atoms with Crippen LogP contribution in [0.4, 0.5) is 13.2 Å². The lowest BCUT2D eigenvalue weighted by Crippen LogP contribution is -2.40. The Morgan fingerprint density at radius 1 is 1.15 bits per heavy atom. The third kappa shape index (κ3) is 3.58. The van der Waals surface area contributed by atoms with E-state index in [1.54, 1.807) is 0 Å². The van der Waals surface area contributed by atoms with Crippen molar-refractivity contribution in [1.82, 2.24) is 9.13 Å². The van der Waals surface area contributed by atoms with Gasteiger partial charge in [0.2, 0.25) is 0 Å². The summed E-state index contributed by atoms with van der Waals surface area (Å²) in [5, 5.41) is 0.174. The third-order valence-corrected chi connectivity index (χ3v) is 5.14. The fourth-order valence-corrected chi connectivity index (χ4v) is 3.60. The van der Waals surface area contributed by atoms with Gasteiger partial charge in [0.1, 0.15) is 5.69 Å². The lowest BCUT2D eigenvalue weighted by molar-refractivity contribution is -0.144. The Balaban J connectivity index is 2.14. The number of hydrogen-bond donors (Lipinski definition) is 0. The van der Waals surface area contributed by atoms with Gasteiger partial charge >= 0.3 is 11.9 Å². The number of carbonyl (C=O) groups excluding carboxylic acids is 1. The number of carbonyl (C=O) groups is 1. The van der Waals surface area contributed by atoms with Crippen LogP contribution in [0.15, 0.2) is 33.9 Å². The van der Waals surface area contributed by atoms with E-state index in [4.69, 9.17) is 11.6 Å². The van der Waals surface area contributed by atoms with Crippen LogP contribution in [0.25, 0.3) is 5.69 Å². The number of ketones is 1. The van der Waals surface area contributed by atoms with Gasteiger partial charge in [-0.3, -0.25) is 14.2 Å². The molecule has 0 spiro atoms. The van der Waals surface area contributed by atoms with E-state index in [2.05, 4.69) is 0 Å². The van der Waals surface area contributed by atoms with Crippen molar-refractivity contribution in [2.75, 3.05) is 0 Å². The van der Waals surface area contributed by atoms with Crippen LogP contribution in [0, 0.1) is 5.92 Å². The van der Waals surface area contributed by atoms with E-state index in [9.17, 15) is 27.6 Å². The third-order valence-electron chi connectivity index (χ3n) is 4.81. The van der Waals surface area contributed by atoms with Crippen molar-refractivity contribution in [2.45, 2.75) is 31.9 Å². The van der Waals surface area contributed by atoms with Crippen LogP contribution >= 0.6 is 11.6 Å². The molecular weight excluding hydrogens is 385 g/mol. The minimum atomic E-state index is -4.84. The molecule has 0 saturated heterocycles. The van der Waals surface area contributed by atoms with E-state index in [1.807, 2.05) is 0 Å². The standard InChI is InChI=1S/C18H16ClF3N2O3/c1-23-14(18(20,21)22)9-15(25)24(17(23)27)11-6-7-13(19)12(8-11)16(26)10-4-2-3-5-10/h6-10H,2-5H2,1H3. The molecule has 1 aliphatic rings. The Bertz CT molecular complexity index is 1020. The van der Waals surface area contributed by atoms with Crippen molar-refractivity contribution < 1.29 is 18.0 Å². The highest BCUT2D eigenvalue weighted by Gasteiger charge is 2.35. The predicted molar refractivity (Wildman–Crippen MR) is 93.6 cm³/mol. The number of hydrogen-bond acceptors (Lipinski definition) is 3. The first-order valence-corrected chi connectivity index (χ1v) is 8.73. The van der Waals surface area contributed by atoms with E-state index in [0.717, 1.165) is 32.7 Å². The normalized spacial score (nSPS) is 15.3. The van der Waals surface area contributed by atoms with E-state index in [0.29, 0.717) is 15.2 Å². The summed E-state index contributed by atoms with van der Waals surface area (Å²) in [5.41, 5.74) is -3.47. The molecular formula is C18H16ClF3N2O3. The zero-order chi connectivity index (χ0) is 19.9. The number of Topliss-reactive ketones (excluding diaryl/α,β-unsaturated/α-hetero) is 1. The second-order valence-electron chi connectivity index (χ2n) is 6.55. The summed E-state index contributed by atoms with van der Waals surface area (Å²) in [7, 11) is 0.932. The zero-order valence-electron chi connectivity index (χ0n) is 14.3. The van der Waals surface area contributed by atoms with Crippen LogP contribution < -0.4 is 11.2 Å². The van der Waals surface area contributed by atoms with E-state index < -0.39 is 23.1 Å². The molecule has 0 atom stereocenters. The van der Waals surface area contributed by atoms with Gasteiger partial charge < -0.3 is 0 Å². The molecule has 27 heavy (non-hydrogen) atoms. The Morgan fingerprint density at radius 2 is 1.78 bits per heavy atom. The SMILES string of the molecule is Cn1c(C(F)(F)F)cc(=O)n(-c2ccc(Cl)c(C(=O)C3CCCC3)c2)c1=O. The lowest BCUT2D eigenvalue weighted by atomic mass is 9.96. The van der Waals surface area contributed by atoms with Gasteiger partial charge in [0.05, 0.1) is 10.7 Å². The first kappa shape index (κ1) is 19.4. The average molecular weight is 401 g/mol.